The van der Waals surface area contributed by atoms with Gasteiger partial charge >= 0.3 is 0 Å². The normalized spacial score (nSPS) is 14.3. The molecule has 1 aromatic carbocycles. The molecule has 1 aromatic heterocycles. The summed E-state index contributed by atoms with van der Waals surface area (Å²) in [5, 5.41) is 13.0. The zero-order valence-electron chi connectivity index (χ0n) is 12.3. The Morgan fingerprint density at radius 3 is 2.87 bits per heavy atom. The van der Waals surface area contributed by atoms with Gasteiger partial charge < -0.3 is 0 Å². The number of nitriles is 1. The van der Waals surface area contributed by atoms with E-state index in [1.54, 1.807) is 6.07 Å². The number of aromatic nitrogens is 2. The van der Waals surface area contributed by atoms with E-state index in [0.29, 0.717) is 5.69 Å². The fourth-order valence-electron chi connectivity index (χ4n) is 2.60. The third-order valence-corrected chi connectivity index (χ3v) is 5.20. The van der Waals surface area contributed by atoms with Gasteiger partial charge in [-0.05, 0) is 43.5 Å². The zero-order valence-corrected chi connectivity index (χ0v) is 13.1. The first kappa shape index (κ1) is 15.6. The first-order valence-electron chi connectivity index (χ1n) is 7.24. The SMILES string of the molecule is N#Cc1ccc(S(=O)(=O)NCc2cc3n(n2)CCCC3)c(F)c1. The number of sulfonamides is 1. The molecule has 3 rings (SSSR count). The smallest absolute Gasteiger partial charge is 0.243 e. The molecule has 0 bridgehead atoms. The highest BCUT2D eigenvalue weighted by Gasteiger charge is 2.20. The van der Waals surface area contributed by atoms with Gasteiger partial charge in [-0.1, -0.05) is 0 Å². The van der Waals surface area contributed by atoms with Crippen LogP contribution in [-0.2, 0) is 29.5 Å². The van der Waals surface area contributed by atoms with Crippen molar-refractivity contribution in [1.29, 1.82) is 5.26 Å². The summed E-state index contributed by atoms with van der Waals surface area (Å²) in [4.78, 5) is -0.472. The minimum atomic E-state index is -4.00. The third kappa shape index (κ3) is 3.25. The van der Waals surface area contributed by atoms with Crippen LogP contribution in [0.2, 0.25) is 0 Å². The van der Waals surface area contributed by atoms with Gasteiger partial charge in [0.05, 0.1) is 23.9 Å². The summed E-state index contributed by atoms with van der Waals surface area (Å²) in [5.41, 5.74) is 1.78. The molecule has 2 aromatic rings. The number of nitrogens with one attached hydrogen (secondary N) is 1. The summed E-state index contributed by atoms with van der Waals surface area (Å²) in [7, 11) is -4.00. The molecule has 1 aliphatic rings. The molecule has 0 saturated heterocycles. The Morgan fingerprint density at radius 1 is 1.35 bits per heavy atom. The van der Waals surface area contributed by atoms with Crippen LogP contribution in [0.1, 0.15) is 29.8 Å². The number of hydrogen-bond donors (Lipinski definition) is 1. The summed E-state index contributed by atoms with van der Waals surface area (Å²) in [6, 6.07) is 6.91. The molecule has 1 aliphatic heterocycles. The molecule has 120 valence electrons. The highest BCUT2D eigenvalue weighted by molar-refractivity contribution is 7.89. The number of hydrogen-bond acceptors (Lipinski definition) is 4. The molecule has 6 nitrogen and oxygen atoms in total. The van der Waals surface area contributed by atoms with Crippen molar-refractivity contribution in [3.63, 3.8) is 0 Å². The van der Waals surface area contributed by atoms with E-state index in [-0.39, 0.29) is 12.1 Å². The lowest BCUT2D eigenvalue weighted by Gasteiger charge is -2.11. The Balaban J connectivity index is 1.76. The summed E-state index contributed by atoms with van der Waals surface area (Å²) in [6.45, 7) is 0.841. The Labute approximate surface area is 133 Å². The molecular formula is C15H15FN4O2S. The third-order valence-electron chi connectivity index (χ3n) is 3.76. The average Bonchev–Trinajstić information content (AvgIpc) is 2.95. The molecule has 0 unspecified atom stereocenters. The van der Waals surface area contributed by atoms with Crippen molar-refractivity contribution in [2.24, 2.45) is 0 Å². The quantitative estimate of drug-likeness (QED) is 0.922. The zero-order chi connectivity index (χ0) is 16.4. The van der Waals surface area contributed by atoms with E-state index in [1.165, 1.54) is 6.07 Å². The number of aryl methyl sites for hydroxylation is 2. The maximum atomic E-state index is 13.9. The van der Waals surface area contributed by atoms with Crippen LogP contribution in [0.15, 0.2) is 29.2 Å². The largest absolute Gasteiger partial charge is 0.269 e. The molecule has 0 spiro atoms. The fraction of sp³-hybridized carbons (Fsp3) is 0.333. The van der Waals surface area contributed by atoms with Crippen LogP contribution >= 0.6 is 0 Å². The molecule has 23 heavy (non-hydrogen) atoms. The lowest BCUT2D eigenvalue weighted by atomic mass is 10.1. The van der Waals surface area contributed by atoms with E-state index in [0.717, 1.165) is 43.6 Å². The van der Waals surface area contributed by atoms with Crippen molar-refractivity contribution in [3.05, 3.63) is 47.0 Å². The van der Waals surface area contributed by atoms with Crippen LogP contribution in [0.25, 0.3) is 0 Å². The van der Waals surface area contributed by atoms with Crippen LogP contribution in [0.3, 0.4) is 0 Å². The number of rotatable bonds is 4. The minimum absolute atomic E-state index is 0.00176. The molecule has 0 aliphatic carbocycles. The topological polar surface area (TPSA) is 87.8 Å². The lowest BCUT2D eigenvalue weighted by molar-refractivity contribution is 0.482. The Kier molecular flexibility index (Phi) is 4.15. The molecule has 0 radical (unpaired) electrons. The number of halogens is 1. The predicted octanol–water partition coefficient (Wildman–Crippen LogP) is 1.71. The second-order valence-corrected chi connectivity index (χ2v) is 7.12. The molecule has 0 atom stereocenters. The Hall–Kier alpha value is -2.24. The van der Waals surface area contributed by atoms with Crippen molar-refractivity contribution >= 4 is 10.0 Å². The van der Waals surface area contributed by atoms with E-state index in [1.807, 2.05) is 10.7 Å². The molecule has 8 heteroatoms. The number of fused-ring (bicyclic) bond motifs is 1. The maximum Gasteiger partial charge on any atom is 0.243 e. The van der Waals surface area contributed by atoms with Crippen LogP contribution in [0.5, 0.6) is 0 Å². The first-order valence-corrected chi connectivity index (χ1v) is 8.73. The minimum Gasteiger partial charge on any atom is -0.269 e. The van der Waals surface area contributed by atoms with Crippen molar-refractivity contribution in [2.75, 3.05) is 0 Å². The second kappa shape index (κ2) is 6.10. The number of benzene rings is 1. The highest BCUT2D eigenvalue weighted by atomic mass is 32.2. The molecule has 0 fully saturated rings. The maximum absolute atomic E-state index is 13.9. The van der Waals surface area contributed by atoms with Gasteiger partial charge in [-0.2, -0.15) is 10.4 Å². The van der Waals surface area contributed by atoms with Gasteiger partial charge in [0.2, 0.25) is 10.0 Å². The standard InChI is InChI=1S/C15H15FN4O2S/c16-14-7-11(9-17)4-5-15(14)23(21,22)18-10-12-8-13-3-1-2-6-20(13)19-12/h4-5,7-8,18H,1-3,6,10H2. The predicted molar refractivity (Wildman–Crippen MR) is 80.3 cm³/mol. The summed E-state index contributed by atoms with van der Waals surface area (Å²) >= 11 is 0. The van der Waals surface area contributed by atoms with E-state index in [2.05, 4.69) is 9.82 Å². The van der Waals surface area contributed by atoms with Crippen LogP contribution in [-0.4, -0.2) is 18.2 Å². The van der Waals surface area contributed by atoms with E-state index < -0.39 is 20.7 Å². The molecule has 2 heterocycles. The van der Waals surface area contributed by atoms with Crippen LogP contribution in [0, 0.1) is 17.1 Å². The fourth-order valence-corrected chi connectivity index (χ4v) is 3.66. The van der Waals surface area contributed by atoms with Crippen molar-refractivity contribution in [2.45, 2.75) is 37.2 Å². The summed E-state index contributed by atoms with van der Waals surface area (Å²) in [6.07, 6.45) is 3.10. The second-order valence-electron chi connectivity index (χ2n) is 5.39. The highest BCUT2D eigenvalue weighted by Crippen LogP contribution is 2.18. The van der Waals surface area contributed by atoms with Gasteiger partial charge in [-0.25, -0.2) is 17.5 Å². The molecule has 1 N–H and O–H groups in total. The van der Waals surface area contributed by atoms with Gasteiger partial charge in [-0.15, -0.1) is 0 Å². The van der Waals surface area contributed by atoms with Crippen LogP contribution in [0.4, 0.5) is 4.39 Å². The monoisotopic (exact) mass is 334 g/mol. The van der Waals surface area contributed by atoms with Gasteiger partial charge in [0.15, 0.2) is 0 Å². The summed E-state index contributed by atoms with van der Waals surface area (Å²) < 4.78 is 42.5. The number of nitrogens with zero attached hydrogens (tertiary/aromatic N) is 3. The van der Waals surface area contributed by atoms with E-state index >= 15 is 0 Å². The van der Waals surface area contributed by atoms with Gasteiger partial charge in [0, 0.05) is 12.2 Å². The lowest BCUT2D eigenvalue weighted by Crippen LogP contribution is -2.24. The Bertz CT molecular complexity index is 860. The summed E-state index contributed by atoms with van der Waals surface area (Å²) in [5.74, 6) is -0.944. The molecule has 0 saturated carbocycles. The van der Waals surface area contributed by atoms with Crippen molar-refractivity contribution < 1.29 is 12.8 Å². The Morgan fingerprint density at radius 2 is 2.17 bits per heavy atom. The van der Waals surface area contributed by atoms with Gasteiger partial charge in [-0.3, -0.25) is 4.68 Å². The van der Waals surface area contributed by atoms with Crippen LogP contribution < -0.4 is 4.72 Å². The van der Waals surface area contributed by atoms with Crippen molar-refractivity contribution in [3.8, 4) is 6.07 Å². The van der Waals surface area contributed by atoms with E-state index in [9.17, 15) is 12.8 Å². The molecular weight excluding hydrogens is 319 g/mol. The average molecular weight is 334 g/mol. The van der Waals surface area contributed by atoms with E-state index in [4.69, 9.17) is 5.26 Å². The van der Waals surface area contributed by atoms with Crippen molar-refractivity contribution in [1.82, 2.24) is 14.5 Å². The van der Waals surface area contributed by atoms with Gasteiger partial charge in [0.25, 0.3) is 0 Å². The van der Waals surface area contributed by atoms with Gasteiger partial charge in [0.1, 0.15) is 10.7 Å². The first-order chi connectivity index (χ1) is 11.0. The molecule has 0 amide bonds.